The molecule has 2 heterocycles. The van der Waals surface area contributed by atoms with Gasteiger partial charge in [-0.15, -0.1) is 0 Å². The standard InChI is InChI=1S/C19H17N5O/c1-25-16-9-7-14(8-10-16)11-20-18-17-12-23-24(19(17)22-13-21-18)15-5-3-2-4-6-15/h2-10,12-13H,11H2,1H3,(H,20,21,22). The van der Waals surface area contributed by atoms with Crippen molar-refractivity contribution in [3.63, 3.8) is 0 Å². The molecule has 25 heavy (non-hydrogen) atoms. The highest BCUT2D eigenvalue weighted by Gasteiger charge is 2.10. The van der Waals surface area contributed by atoms with Crippen molar-refractivity contribution in [2.45, 2.75) is 6.54 Å². The third-order valence-electron chi connectivity index (χ3n) is 3.99. The van der Waals surface area contributed by atoms with E-state index in [4.69, 9.17) is 4.74 Å². The molecule has 0 saturated carbocycles. The maximum absolute atomic E-state index is 5.18. The predicted octanol–water partition coefficient (Wildman–Crippen LogP) is 3.44. The molecule has 4 aromatic rings. The van der Waals surface area contributed by atoms with Crippen LogP contribution in [0.3, 0.4) is 0 Å². The predicted molar refractivity (Wildman–Crippen MR) is 97.0 cm³/mol. The number of ether oxygens (including phenoxy) is 1. The van der Waals surface area contributed by atoms with Gasteiger partial charge in [-0.25, -0.2) is 14.6 Å². The summed E-state index contributed by atoms with van der Waals surface area (Å²) in [6, 6.07) is 17.9. The van der Waals surface area contributed by atoms with E-state index in [-0.39, 0.29) is 0 Å². The van der Waals surface area contributed by atoms with Crippen LogP contribution in [0, 0.1) is 0 Å². The summed E-state index contributed by atoms with van der Waals surface area (Å²) in [6.45, 7) is 0.659. The first kappa shape index (κ1) is 15.1. The number of hydrogen-bond acceptors (Lipinski definition) is 5. The first-order valence-electron chi connectivity index (χ1n) is 7.96. The van der Waals surface area contributed by atoms with Crippen LogP contribution in [0.5, 0.6) is 5.75 Å². The van der Waals surface area contributed by atoms with Crippen molar-refractivity contribution < 1.29 is 4.74 Å². The van der Waals surface area contributed by atoms with E-state index in [2.05, 4.69) is 20.4 Å². The van der Waals surface area contributed by atoms with Gasteiger partial charge in [0.05, 0.1) is 24.4 Å². The van der Waals surface area contributed by atoms with Crippen molar-refractivity contribution in [1.29, 1.82) is 0 Å². The molecule has 124 valence electrons. The second kappa shape index (κ2) is 6.60. The van der Waals surface area contributed by atoms with Gasteiger partial charge in [0.25, 0.3) is 0 Å². The average molecular weight is 331 g/mol. The van der Waals surface area contributed by atoms with Gasteiger partial charge in [-0.1, -0.05) is 30.3 Å². The van der Waals surface area contributed by atoms with Crippen LogP contribution in [0.25, 0.3) is 16.7 Å². The summed E-state index contributed by atoms with van der Waals surface area (Å²) in [7, 11) is 1.66. The summed E-state index contributed by atoms with van der Waals surface area (Å²) >= 11 is 0. The summed E-state index contributed by atoms with van der Waals surface area (Å²) < 4.78 is 7.00. The summed E-state index contributed by atoms with van der Waals surface area (Å²) in [6.07, 6.45) is 3.35. The molecule has 0 radical (unpaired) electrons. The van der Waals surface area contributed by atoms with E-state index in [1.54, 1.807) is 19.6 Å². The number of para-hydroxylation sites is 1. The van der Waals surface area contributed by atoms with E-state index in [1.165, 1.54) is 0 Å². The first-order chi connectivity index (χ1) is 12.3. The molecule has 0 atom stereocenters. The molecule has 0 amide bonds. The van der Waals surface area contributed by atoms with E-state index in [0.717, 1.165) is 33.9 Å². The molecule has 0 spiro atoms. The topological polar surface area (TPSA) is 64.9 Å². The molecule has 0 saturated heterocycles. The third kappa shape index (κ3) is 3.01. The molecule has 2 aromatic carbocycles. The molecular weight excluding hydrogens is 314 g/mol. The molecule has 0 aliphatic heterocycles. The van der Waals surface area contributed by atoms with Gasteiger partial charge in [-0.2, -0.15) is 5.10 Å². The van der Waals surface area contributed by atoms with Crippen LogP contribution in [-0.2, 0) is 6.54 Å². The Kier molecular flexibility index (Phi) is 4.00. The lowest BCUT2D eigenvalue weighted by Crippen LogP contribution is -2.03. The molecule has 0 aliphatic rings. The Hall–Kier alpha value is -3.41. The van der Waals surface area contributed by atoms with E-state index >= 15 is 0 Å². The van der Waals surface area contributed by atoms with Gasteiger partial charge >= 0.3 is 0 Å². The van der Waals surface area contributed by atoms with Crippen molar-refractivity contribution in [3.05, 3.63) is 72.7 Å². The molecule has 2 aromatic heterocycles. The highest BCUT2D eigenvalue weighted by atomic mass is 16.5. The second-order valence-electron chi connectivity index (χ2n) is 5.55. The fraction of sp³-hybridized carbons (Fsp3) is 0.105. The normalized spacial score (nSPS) is 10.8. The minimum Gasteiger partial charge on any atom is -0.497 e. The third-order valence-corrected chi connectivity index (χ3v) is 3.99. The van der Waals surface area contributed by atoms with Gasteiger partial charge in [0, 0.05) is 6.54 Å². The Balaban J connectivity index is 1.61. The number of aromatic nitrogens is 4. The van der Waals surface area contributed by atoms with Crippen LogP contribution in [0.15, 0.2) is 67.1 Å². The van der Waals surface area contributed by atoms with E-state index in [9.17, 15) is 0 Å². The lowest BCUT2D eigenvalue weighted by atomic mass is 10.2. The van der Waals surface area contributed by atoms with E-state index in [0.29, 0.717) is 6.54 Å². The second-order valence-corrected chi connectivity index (χ2v) is 5.55. The monoisotopic (exact) mass is 331 g/mol. The molecule has 6 heteroatoms. The fourth-order valence-corrected chi connectivity index (χ4v) is 2.67. The molecule has 1 N–H and O–H groups in total. The minimum absolute atomic E-state index is 0.659. The molecule has 0 aliphatic carbocycles. The summed E-state index contributed by atoms with van der Waals surface area (Å²) in [5.74, 6) is 1.61. The maximum atomic E-state index is 5.18. The van der Waals surface area contributed by atoms with E-state index in [1.807, 2.05) is 59.3 Å². The number of benzene rings is 2. The number of fused-ring (bicyclic) bond motifs is 1. The molecule has 0 bridgehead atoms. The number of hydrogen-bond donors (Lipinski definition) is 1. The molecule has 4 rings (SSSR count). The quantitative estimate of drug-likeness (QED) is 0.607. The zero-order valence-electron chi connectivity index (χ0n) is 13.8. The van der Waals surface area contributed by atoms with Crippen LogP contribution in [-0.4, -0.2) is 26.9 Å². The van der Waals surface area contributed by atoms with Crippen molar-refractivity contribution >= 4 is 16.9 Å². The van der Waals surface area contributed by atoms with Crippen molar-refractivity contribution in [2.75, 3.05) is 12.4 Å². The Morgan fingerprint density at radius 2 is 1.80 bits per heavy atom. The maximum Gasteiger partial charge on any atom is 0.168 e. The van der Waals surface area contributed by atoms with Crippen LogP contribution < -0.4 is 10.1 Å². The van der Waals surface area contributed by atoms with Crippen LogP contribution >= 0.6 is 0 Å². The van der Waals surface area contributed by atoms with Gasteiger partial charge in [0.2, 0.25) is 0 Å². The zero-order chi connectivity index (χ0) is 17.1. The summed E-state index contributed by atoms with van der Waals surface area (Å²) in [5, 5.41) is 8.71. The van der Waals surface area contributed by atoms with Gasteiger partial charge in [-0.3, -0.25) is 0 Å². The van der Waals surface area contributed by atoms with E-state index < -0.39 is 0 Å². The van der Waals surface area contributed by atoms with Gasteiger partial charge < -0.3 is 10.1 Å². The lowest BCUT2D eigenvalue weighted by molar-refractivity contribution is 0.414. The lowest BCUT2D eigenvalue weighted by Gasteiger charge is -2.08. The van der Waals surface area contributed by atoms with Gasteiger partial charge in [0.15, 0.2) is 5.65 Å². The van der Waals surface area contributed by atoms with Gasteiger partial charge in [-0.05, 0) is 29.8 Å². The first-order valence-corrected chi connectivity index (χ1v) is 7.96. The van der Waals surface area contributed by atoms with Crippen molar-refractivity contribution in [3.8, 4) is 11.4 Å². The number of methoxy groups -OCH3 is 1. The van der Waals surface area contributed by atoms with Crippen LogP contribution in [0.2, 0.25) is 0 Å². The zero-order valence-corrected chi connectivity index (χ0v) is 13.8. The Bertz CT molecular complexity index is 980. The summed E-state index contributed by atoms with van der Waals surface area (Å²) in [4.78, 5) is 8.75. The molecule has 0 fully saturated rings. The van der Waals surface area contributed by atoms with Crippen LogP contribution in [0.1, 0.15) is 5.56 Å². The SMILES string of the molecule is COc1ccc(CNc2ncnc3c2cnn3-c2ccccc2)cc1. The summed E-state index contributed by atoms with van der Waals surface area (Å²) in [5.41, 5.74) is 2.89. The number of anilines is 1. The fourth-order valence-electron chi connectivity index (χ4n) is 2.67. The number of rotatable bonds is 5. The largest absolute Gasteiger partial charge is 0.497 e. The van der Waals surface area contributed by atoms with Crippen molar-refractivity contribution in [1.82, 2.24) is 19.7 Å². The highest BCUT2D eigenvalue weighted by molar-refractivity contribution is 5.87. The number of nitrogens with zero attached hydrogens (tertiary/aromatic N) is 4. The molecule has 0 unspecified atom stereocenters. The Morgan fingerprint density at radius 3 is 2.56 bits per heavy atom. The van der Waals surface area contributed by atoms with Gasteiger partial charge in [0.1, 0.15) is 17.9 Å². The Morgan fingerprint density at radius 1 is 1.00 bits per heavy atom. The molecule has 6 nitrogen and oxygen atoms in total. The molecular formula is C19H17N5O. The smallest absolute Gasteiger partial charge is 0.168 e. The van der Waals surface area contributed by atoms with Crippen LogP contribution in [0.4, 0.5) is 5.82 Å². The average Bonchev–Trinajstić information content (AvgIpc) is 3.12. The highest BCUT2D eigenvalue weighted by Crippen LogP contribution is 2.22. The Labute approximate surface area is 145 Å². The minimum atomic E-state index is 0.659. The van der Waals surface area contributed by atoms with Crippen molar-refractivity contribution in [2.24, 2.45) is 0 Å². The number of nitrogens with one attached hydrogen (secondary N) is 1.